The molecule has 0 saturated carbocycles. The number of hydrogen-bond acceptors (Lipinski definition) is 3. The molecule has 0 atom stereocenters. The van der Waals surface area contributed by atoms with Gasteiger partial charge in [-0.25, -0.2) is 10.0 Å². The van der Waals surface area contributed by atoms with Gasteiger partial charge in [0.1, 0.15) is 0 Å². The van der Waals surface area contributed by atoms with E-state index in [2.05, 4.69) is 0 Å². The summed E-state index contributed by atoms with van der Waals surface area (Å²) >= 11 is 6.71. The fourth-order valence-electron chi connectivity index (χ4n) is 3.61. The van der Waals surface area contributed by atoms with Crippen molar-refractivity contribution in [3.05, 3.63) is 59.7 Å². The number of hydrazine groups is 1. The molecule has 26 heavy (non-hydrogen) atoms. The van der Waals surface area contributed by atoms with E-state index in [9.17, 15) is 9.59 Å². The summed E-state index contributed by atoms with van der Waals surface area (Å²) in [6.07, 6.45) is 0. The lowest BCUT2D eigenvalue weighted by atomic mass is 9.90. The van der Waals surface area contributed by atoms with Gasteiger partial charge in [-0.2, -0.15) is 0 Å². The number of carbonyl (C=O) groups is 2. The molecule has 0 unspecified atom stereocenters. The molecule has 0 aliphatic carbocycles. The maximum atomic E-state index is 13.0. The first-order valence-corrected chi connectivity index (χ1v) is 8.98. The minimum Gasteiger partial charge on any atom is -0.378 e. The quantitative estimate of drug-likeness (QED) is 0.603. The molecule has 2 amide bonds. The fraction of sp³-hybridized carbons (Fsp3) is 0.300. The van der Waals surface area contributed by atoms with Crippen LogP contribution < -0.4 is 0 Å². The summed E-state index contributed by atoms with van der Waals surface area (Å²) in [5.41, 5.74) is 3.46. The van der Waals surface area contributed by atoms with Crippen LogP contribution in [0.5, 0.6) is 0 Å². The summed E-state index contributed by atoms with van der Waals surface area (Å²) in [6.45, 7) is 3.34. The number of hydrogen-bond donors (Lipinski definition) is 0. The molecule has 134 valence electrons. The SMILES string of the molecule is Cc1cc(-c2ccccc2)ccc1C1(Cl)C(=O)N2CCOCCN2C1=O. The van der Waals surface area contributed by atoms with Crippen LogP contribution in [0.3, 0.4) is 0 Å². The van der Waals surface area contributed by atoms with Crippen molar-refractivity contribution >= 4 is 23.4 Å². The number of ether oxygens (including phenoxy) is 1. The molecule has 2 aromatic carbocycles. The summed E-state index contributed by atoms with van der Waals surface area (Å²) in [5.74, 6) is -0.796. The normalized spacial score (nSPS) is 19.5. The number of amides is 2. The van der Waals surface area contributed by atoms with E-state index in [-0.39, 0.29) is 0 Å². The Bertz CT molecular complexity index is 845. The van der Waals surface area contributed by atoms with Crippen molar-refractivity contribution in [2.24, 2.45) is 0 Å². The van der Waals surface area contributed by atoms with Gasteiger partial charge in [-0.15, -0.1) is 0 Å². The Hall–Kier alpha value is -2.37. The Balaban J connectivity index is 1.75. The van der Waals surface area contributed by atoms with Crippen LogP contribution in [0.2, 0.25) is 0 Å². The molecule has 2 saturated heterocycles. The molecule has 2 aliphatic rings. The minimum absolute atomic E-state index is 0.334. The van der Waals surface area contributed by atoms with Crippen molar-refractivity contribution in [2.45, 2.75) is 11.8 Å². The average Bonchev–Trinajstić information content (AvgIpc) is 2.85. The molecule has 4 rings (SSSR count). The Morgan fingerprint density at radius 3 is 2.12 bits per heavy atom. The van der Waals surface area contributed by atoms with Crippen molar-refractivity contribution in [1.29, 1.82) is 0 Å². The highest BCUT2D eigenvalue weighted by Crippen LogP contribution is 2.42. The standard InChI is InChI=1S/C20H19ClN2O3/c1-14-13-16(15-5-3-2-4-6-15)7-8-17(14)20(21)18(24)22-9-11-26-12-10-23(22)19(20)25/h2-8,13H,9-12H2,1H3. The van der Waals surface area contributed by atoms with Gasteiger partial charge in [0.25, 0.3) is 11.8 Å². The van der Waals surface area contributed by atoms with Gasteiger partial charge in [-0.1, -0.05) is 60.1 Å². The summed E-state index contributed by atoms with van der Waals surface area (Å²) in [4.78, 5) is 24.3. The van der Waals surface area contributed by atoms with E-state index in [1.54, 1.807) is 6.07 Å². The van der Waals surface area contributed by atoms with Crippen LogP contribution in [0.1, 0.15) is 11.1 Å². The largest absolute Gasteiger partial charge is 0.378 e. The molecule has 5 nitrogen and oxygen atoms in total. The first-order valence-electron chi connectivity index (χ1n) is 8.60. The molecule has 0 spiro atoms. The molecule has 0 aromatic heterocycles. The molecule has 2 heterocycles. The van der Waals surface area contributed by atoms with Gasteiger partial charge in [0.2, 0.25) is 4.87 Å². The van der Waals surface area contributed by atoms with Gasteiger partial charge in [0, 0.05) is 0 Å². The van der Waals surface area contributed by atoms with Gasteiger partial charge in [-0.3, -0.25) is 9.59 Å². The van der Waals surface area contributed by atoms with E-state index in [4.69, 9.17) is 16.3 Å². The Kier molecular flexibility index (Phi) is 4.21. The Morgan fingerprint density at radius 2 is 1.54 bits per heavy atom. The number of carbonyl (C=O) groups excluding carboxylic acids is 2. The summed E-state index contributed by atoms with van der Waals surface area (Å²) in [7, 11) is 0. The van der Waals surface area contributed by atoms with E-state index >= 15 is 0 Å². The second-order valence-electron chi connectivity index (χ2n) is 6.52. The Morgan fingerprint density at radius 1 is 0.923 bits per heavy atom. The topological polar surface area (TPSA) is 49.9 Å². The van der Waals surface area contributed by atoms with Crippen LogP contribution in [0.25, 0.3) is 11.1 Å². The molecular weight excluding hydrogens is 352 g/mol. The lowest BCUT2D eigenvalue weighted by Crippen LogP contribution is -2.41. The first-order chi connectivity index (χ1) is 12.5. The molecule has 0 bridgehead atoms. The number of aryl methyl sites for hydroxylation is 1. The summed E-state index contributed by atoms with van der Waals surface area (Å²) < 4.78 is 5.36. The predicted molar refractivity (Wildman–Crippen MR) is 98.4 cm³/mol. The molecule has 0 radical (unpaired) electrons. The zero-order valence-corrected chi connectivity index (χ0v) is 15.2. The third kappa shape index (κ3) is 2.50. The number of rotatable bonds is 2. The highest BCUT2D eigenvalue weighted by Gasteiger charge is 2.59. The van der Waals surface area contributed by atoms with Crippen LogP contribution in [-0.4, -0.2) is 48.1 Å². The van der Waals surface area contributed by atoms with Gasteiger partial charge >= 0.3 is 0 Å². The highest BCUT2D eigenvalue weighted by atomic mass is 35.5. The van der Waals surface area contributed by atoms with E-state index in [1.165, 1.54) is 10.0 Å². The number of fused-ring (bicyclic) bond motifs is 1. The van der Waals surface area contributed by atoms with E-state index < -0.39 is 16.7 Å². The fourth-order valence-corrected chi connectivity index (χ4v) is 4.01. The predicted octanol–water partition coefficient (Wildman–Crippen LogP) is 2.71. The van der Waals surface area contributed by atoms with Gasteiger partial charge < -0.3 is 4.74 Å². The van der Waals surface area contributed by atoms with E-state index in [0.717, 1.165) is 16.7 Å². The lowest BCUT2D eigenvalue weighted by Gasteiger charge is -2.23. The van der Waals surface area contributed by atoms with Gasteiger partial charge in [0.15, 0.2) is 0 Å². The third-order valence-electron chi connectivity index (χ3n) is 4.95. The van der Waals surface area contributed by atoms with Crippen LogP contribution in [-0.2, 0) is 19.2 Å². The average molecular weight is 371 g/mol. The maximum absolute atomic E-state index is 13.0. The van der Waals surface area contributed by atoms with Crippen LogP contribution in [0.15, 0.2) is 48.5 Å². The number of benzene rings is 2. The van der Waals surface area contributed by atoms with Crippen molar-refractivity contribution < 1.29 is 14.3 Å². The molecule has 6 heteroatoms. The monoisotopic (exact) mass is 370 g/mol. The molecule has 2 aromatic rings. The van der Waals surface area contributed by atoms with Crippen molar-refractivity contribution in [1.82, 2.24) is 10.0 Å². The minimum atomic E-state index is -1.70. The lowest BCUT2D eigenvalue weighted by molar-refractivity contribution is -0.145. The van der Waals surface area contributed by atoms with Crippen LogP contribution >= 0.6 is 11.6 Å². The molecule has 2 aliphatic heterocycles. The second-order valence-corrected chi connectivity index (χ2v) is 7.09. The summed E-state index contributed by atoms with van der Waals surface area (Å²) in [5, 5.41) is 2.85. The zero-order chi connectivity index (χ0) is 18.3. The van der Waals surface area contributed by atoms with Crippen molar-refractivity contribution in [3.63, 3.8) is 0 Å². The number of alkyl halides is 1. The first kappa shape index (κ1) is 17.1. The number of nitrogens with zero attached hydrogens (tertiary/aromatic N) is 2. The van der Waals surface area contributed by atoms with Crippen LogP contribution in [0.4, 0.5) is 0 Å². The molecule has 2 fully saturated rings. The maximum Gasteiger partial charge on any atom is 0.276 e. The molecular formula is C20H19ClN2O3. The van der Waals surface area contributed by atoms with E-state index in [0.29, 0.717) is 31.9 Å². The van der Waals surface area contributed by atoms with E-state index in [1.807, 2.05) is 49.4 Å². The zero-order valence-electron chi connectivity index (χ0n) is 14.4. The second kappa shape index (κ2) is 6.41. The van der Waals surface area contributed by atoms with Crippen molar-refractivity contribution in [2.75, 3.05) is 26.3 Å². The smallest absolute Gasteiger partial charge is 0.276 e. The van der Waals surface area contributed by atoms with Gasteiger partial charge in [-0.05, 0) is 29.2 Å². The Labute approximate surface area is 157 Å². The van der Waals surface area contributed by atoms with Crippen LogP contribution in [0, 0.1) is 6.92 Å². The molecule has 0 N–H and O–H groups in total. The van der Waals surface area contributed by atoms with Crippen molar-refractivity contribution in [3.8, 4) is 11.1 Å². The highest BCUT2D eigenvalue weighted by molar-refractivity contribution is 6.47. The number of halogens is 1. The summed E-state index contributed by atoms with van der Waals surface area (Å²) in [6, 6.07) is 15.6. The van der Waals surface area contributed by atoms with Gasteiger partial charge in [0.05, 0.1) is 26.3 Å². The third-order valence-corrected chi connectivity index (χ3v) is 5.48.